The van der Waals surface area contributed by atoms with E-state index in [1.807, 2.05) is 0 Å². The van der Waals surface area contributed by atoms with Crippen LogP contribution in [0.1, 0.15) is 30.7 Å². The number of nitrogens with zero attached hydrogens (tertiary/aromatic N) is 2. The first-order valence-corrected chi connectivity index (χ1v) is 9.17. The maximum Gasteiger partial charge on any atom is 0.179 e. The summed E-state index contributed by atoms with van der Waals surface area (Å²) < 4.78 is 37.1. The number of hydrogen-bond donors (Lipinski definition) is 1. The molecule has 0 aromatic carbocycles. The van der Waals surface area contributed by atoms with Crippen LogP contribution in [0.4, 0.5) is 0 Å². The van der Waals surface area contributed by atoms with E-state index in [9.17, 15) is 8.42 Å². The zero-order chi connectivity index (χ0) is 14.9. The molecule has 1 fully saturated rings. The van der Waals surface area contributed by atoms with E-state index in [1.54, 1.807) is 4.68 Å². The van der Waals surface area contributed by atoms with E-state index >= 15 is 0 Å². The van der Waals surface area contributed by atoms with Crippen molar-refractivity contribution in [2.24, 2.45) is 0 Å². The van der Waals surface area contributed by atoms with Crippen LogP contribution in [0.2, 0.25) is 0 Å². The third-order valence-corrected chi connectivity index (χ3v) is 5.00. The van der Waals surface area contributed by atoms with Gasteiger partial charge < -0.3 is 14.8 Å². The molecule has 2 aliphatic heterocycles. The first kappa shape index (κ1) is 15.0. The van der Waals surface area contributed by atoms with Crippen molar-refractivity contribution < 1.29 is 17.9 Å². The first-order valence-electron chi connectivity index (χ1n) is 7.28. The summed E-state index contributed by atoms with van der Waals surface area (Å²) in [4.78, 5) is 0.311. The number of nitrogens with one attached hydrogen (secondary N) is 1. The van der Waals surface area contributed by atoms with Crippen LogP contribution >= 0.6 is 0 Å². The zero-order valence-electron chi connectivity index (χ0n) is 12.2. The van der Waals surface area contributed by atoms with Crippen LogP contribution in [-0.4, -0.2) is 43.9 Å². The summed E-state index contributed by atoms with van der Waals surface area (Å²) in [7, 11) is -3.33. The van der Waals surface area contributed by atoms with E-state index in [0.29, 0.717) is 30.3 Å². The van der Waals surface area contributed by atoms with Gasteiger partial charge in [-0.05, 0) is 19.3 Å². The molecule has 118 valence electrons. The van der Waals surface area contributed by atoms with Gasteiger partial charge in [-0.1, -0.05) is 0 Å². The van der Waals surface area contributed by atoms with Gasteiger partial charge in [-0.25, -0.2) is 8.42 Å². The molecule has 3 heterocycles. The van der Waals surface area contributed by atoms with Gasteiger partial charge in [0, 0.05) is 26.0 Å². The minimum Gasteiger partial charge on any atom is -0.353 e. The lowest BCUT2D eigenvalue weighted by molar-refractivity contribution is -0.169. The van der Waals surface area contributed by atoms with E-state index in [4.69, 9.17) is 9.47 Å². The highest BCUT2D eigenvalue weighted by Gasteiger charge is 2.27. The zero-order valence-corrected chi connectivity index (χ0v) is 13.0. The number of fused-ring (bicyclic) bond motifs is 1. The molecule has 0 aliphatic carbocycles. The smallest absolute Gasteiger partial charge is 0.179 e. The van der Waals surface area contributed by atoms with E-state index in [-0.39, 0.29) is 12.9 Å². The van der Waals surface area contributed by atoms with Crippen molar-refractivity contribution in [2.75, 3.05) is 19.4 Å². The van der Waals surface area contributed by atoms with Crippen LogP contribution in [0.5, 0.6) is 0 Å². The van der Waals surface area contributed by atoms with Crippen molar-refractivity contribution in [3.05, 3.63) is 11.4 Å². The van der Waals surface area contributed by atoms with Crippen molar-refractivity contribution in [1.29, 1.82) is 0 Å². The van der Waals surface area contributed by atoms with Gasteiger partial charge in [-0.3, -0.25) is 4.68 Å². The topological polar surface area (TPSA) is 82.5 Å². The lowest BCUT2D eigenvalue weighted by Gasteiger charge is -2.22. The lowest BCUT2D eigenvalue weighted by Crippen LogP contribution is -2.29. The van der Waals surface area contributed by atoms with Gasteiger partial charge in [-0.2, -0.15) is 5.10 Å². The number of rotatable bonds is 4. The van der Waals surface area contributed by atoms with Crippen LogP contribution < -0.4 is 5.32 Å². The molecule has 2 aliphatic rings. The first-order chi connectivity index (χ1) is 10.1. The number of aromatic nitrogens is 2. The summed E-state index contributed by atoms with van der Waals surface area (Å²) in [5, 5.41) is 7.60. The molecule has 1 unspecified atom stereocenters. The second-order valence-electron chi connectivity index (χ2n) is 5.50. The molecule has 21 heavy (non-hydrogen) atoms. The fourth-order valence-electron chi connectivity index (χ4n) is 2.82. The SMILES string of the molecule is CS(=O)(=O)c1c(COC2CCCCO2)nn2c1CNCC2. The summed E-state index contributed by atoms with van der Waals surface area (Å²) in [6, 6.07) is 0. The normalized spacial score (nSPS) is 23.0. The van der Waals surface area contributed by atoms with Gasteiger partial charge in [0.1, 0.15) is 10.6 Å². The fourth-order valence-corrected chi connectivity index (χ4v) is 3.95. The molecule has 0 radical (unpaired) electrons. The highest BCUT2D eigenvalue weighted by atomic mass is 32.2. The minimum atomic E-state index is -3.33. The number of ether oxygens (including phenoxy) is 2. The maximum absolute atomic E-state index is 12.1. The molecule has 0 amide bonds. The molecular weight excluding hydrogens is 294 g/mol. The van der Waals surface area contributed by atoms with Crippen molar-refractivity contribution in [2.45, 2.75) is 50.1 Å². The Bertz CT molecular complexity index is 605. The van der Waals surface area contributed by atoms with Crippen molar-refractivity contribution in [3.8, 4) is 0 Å². The molecule has 0 bridgehead atoms. The van der Waals surface area contributed by atoms with E-state index in [2.05, 4.69) is 10.4 Å². The quantitative estimate of drug-likeness (QED) is 0.868. The predicted molar refractivity (Wildman–Crippen MR) is 75.4 cm³/mol. The van der Waals surface area contributed by atoms with E-state index in [1.165, 1.54) is 6.26 Å². The Hall–Kier alpha value is -0.960. The van der Waals surface area contributed by atoms with Crippen LogP contribution in [0.3, 0.4) is 0 Å². The van der Waals surface area contributed by atoms with Gasteiger partial charge in [-0.15, -0.1) is 0 Å². The molecule has 1 aromatic heterocycles. The summed E-state index contributed by atoms with van der Waals surface area (Å²) >= 11 is 0. The largest absolute Gasteiger partial charge is 0.353 e. The molecule has 8 heteroatoms. The third kappa shape index (κ3) is 3.28. The van der Waals surface area contributed by atoms with Crippen molar-refractivity contribution in [1.82, 2.24) is 15.1 Å². The second-order valence-corrected chi connectivity index (χ2v) is 7.45. The molecule has 3 rings (SSSR count). The van der Waals surface area contributed by atoms with E-state index in [0.717, 1.165) is 31.5 Å². The maximum atomic E-state index is 12.1. The Kier molecular flexibility index (Phi) is 4.30. The lowest BCUT2D eigenvalue weighted by atomic mass is 10.2. The third-order valence-electron chi connectivity index (χ3n) is 3.78. The number of hydrogen-bond acceptors (Lipinski definition) is 6. The minimum absolute atomic E-state index is 0.174. The summed E-state index contributed by atoms with van der Waals surface area (Å²) in [6.45, 7) is 2.87. The van der Waals surface area contributed by atoms with Gasteiger partial charge in [0.2, 0.25) is 0 Å². The Morgan fingerprint density at radius 1 is 1.48 bits per heavy atom. The van der Waals surface area contributed by atoms with Crippen molar-refractivity contribution in [3.63, 3.8) is 0 Å². The predicted octanol–water partition coefficient (Wildman–Crippen LogP) is 0.433. The highest BCUT2D eigenvalue weighted by Crippen LogP contribution is 2.24. The van der Waals surface area contributed by atoms with E-state index < -0.39 is 9.84 Å². The molecule has 1 saturated heterocycles. The molecular formula is C13H21N3O4S. The summed E-state index contributed by atoms with van der Waals surface area (Å²) in [5.74, 6) is 0. The molecule has 0 saturated carbocycles. The van der Waals surface area contributed by atoms with Crippen LogP contribution in [-0.2, 0) is 39.0 Å². The average Bonchev–Trinajstić information content (AvgIpc) is 2.84. The number of sulfone groups is 1. The molecule has 1 N–H and O–H groups in total. The second kappa shape index (κ2) is 6.04. The molecule has 7 nitrogen and oxygen atoms in total. The Morgan fingerprint density at radius 2 is 2.33 bits per heavy atom. The van der Waals surface area contributed by atoms with Gasteiger partial charge in [0.05, 0.1) is 18.8 Å². The Balaban J connectivity index is 1.82. The fraction of sp³-hybridized carbons (Fsp3) is 0.769. The molecule has 1 aromatic rings. The standard InChI is InChI=1S/C13H21N3O4S/c1-21(17,18)13-10(9-20-12-4-2-3-7-19-12)15-16-6-5-14-8-11(13)16/h12,14H,2-9H2,1H3. The van der Waals surface area contributed by atoms with Crippen LogP contribution in [0.15, 0.2) is 4.90 Å². The van der Waals surface area contributed by atoms with Gasteiger partial charge >= 0.3 is 0 Å². The average molecular weight is 315 g/mol. The monoisotopic (exact) mass is 315 g/mol. The Morgan fingerprint density at radius 3 is 3.05 bits per heavy atom. The van der Waals surface area contributed by atoms with Gasteiger partial charge in [0.25, 0.3) is 0 Å². The molecule has 1 atom stereocenters. The van der Waals surface area contributed by atoms with Crippen molar-refractivity contribution >= 4 is 9.84 Å². The Labute approximate surface area is 124 Å². The molecule has 0 spiro atoms. The summed E-state index contributed by atoms with van der Waals surface area (Å²) in [5.41, 5.74) is 1.22. The summed E-state index contributed by atoms with van der Waals surface area (Å²) in [6.07, 6.45) is 3.96. The van der Waals surface area contributed by atoms with Crippen LogP contribution in [0.25, 0.3) is 0 Å². The van der Waals surface area contributed by atoms with Gasteiger partial charge in [0.15, 0.2) is 16.1 Å². The van der Waals surface area contributed by atoms with Crippen LogP contribution in [0, 0.1) is 0 Å². The highest BCUT2D eigenvalue weighted by molar-refractivity contribution is 7.90.